The number of anilines is 1. The predicted molar refractivity (Wildman–Crippen MR) is 101 cm³/mol. The summed E-state index contributed by atoms with van der Waals surface area (Å²) in [5.74, 6) is 1.25. The summed E-state index contributed by atoms with van der Waals surface area (Å²) in [7, 11) is 3.13. The molecule has 0 radical (unpaired) electrons. The van der Waals surface area contributed by atoms with Crippen LogP contribution in [0.5, 0.6) is 11.5 Å². The second-order valence-corrected chi connectivity index (χ2v) is 5.73. The van der Waals surface area contributed by atoms with Crippen LogP contribution < -0.4 is 20.1 Å². The zero-order valence-corrected chi connectivity index (χ0v) is 15.1. The zero-order valence-electron chi connectivity index (χ0n) is 13.5. The van der Waals surface area contributed by atoms with E-state index in [1.165, 1.54) is 18.2 Å². The molecule has 132 valence electrons. The lowest BCUT2D eigenvalue weighted by atomic mass is 10.2. The number of thiocarbonyl (C=S) groups is 1. The normalized spacial score (nSPS) is 10.0. The average molecular weight is 382 g/mol. The van der Waals surface area contributed by atoms with Crippen LogP contribution >= 0.6 is 23.8 Å². The molecule has 0 heterocycles. The number of rotatable bonds is 6. The van der Waals surface area contributed by atoms with Gasteiger partial charge in [0.1, 0.15) is 0 Å². The number of ether oxygens (including phenoxy) is 2. The fourth-order valence-electron chi connectivity index (χ4n) is 2.06. The van der Waals surface area contributed by atoms with Gasteiger partial charge in [0.25, 0.3) is 5.69 Å². The van der Waals surface area contributed by atoms with Gasteiger partial charge in [0.2, 0.25) is 0 Å². The molecule has 2 N–H and O–H groups in total. The van der Waals surface area contributed by atoms with Gasteiger partial charge in [0.05, 0.1) is 29.9 Å². The molecule has 0 bridgehead atoms. The average Bonchev–Trinajstić information content (AvgIpc) is 2.61. The Hall–Kier alpha value is -2.58. The summed E-state index contributed by atoms with van der Waals surface area (Å²) < 4.78 is 10.4. The quantitative estimate of drug-likeness (QED) is 0.447. The first-order valence-corrected chi connectivity index (χ1v) is 7.93. The fourth-order valence-corrected chi connectivity index (χ4v) is 2.41. The molecule has 0 saturated heterocycles. The summed E-state index contributed by atoms with van der Waals surface area (Å²) in [4.78, 5) is 10.3. The SMILES string of the molecule is COc1ccc(CNC(=S)Nc2cc([N+](=O)[O-])ccc2Cl)cc1OC. The van der Waals surface area contributed by atoms with E-state index in [0.29, 0.717) is 28.8 Å². The van der Waals surface area contributed by atoms with Gasteiger partial charge in [-0.1, -0.05) is 17.7 Å². The molecule has 0 aliphatic rings. The van der Waals surface area contributed by atoms with Crippen LogP contribution in [0.15, 0.2) is 36.4 Å². The van der Waals surface area contributed by atoms with Crippen molar-refractivity contribution in [2.45, 2.75) is 6.54 Å². The van der Waals surface area contributed by atoms with Crippen molar-refractivity contribution in [3.05, 3.63) is 57.1 Å². The third kappa shape index (κ3) is 4.94. The van der Waals surface area contributed by atoms with Crippen LogP contribution in [-0.4, -0.2) is 24.3 Å². The number of nitro groups is 1. The van der Waals surface area contributed by atoms with Crippen LogP contribution in [0, 0.1) is 10.1 Å². The third-order valence-corrected chi connectivity index (χ3v) is 3.89. The van der Waals surface area contributed by atoms with Crippen molar-refractivity contribution in [3.8, 4) is 11.5 Å². The Morgan fingerprint density at radius 3 is 2.56 bits per heavy atom. The molecule has 2 aromatic carbocycles. The molecule has 9 heteroatoms. The molecule has 2 rings (SSSR count). The first-order valence-electron chi connectivity index (χ1n) is 7.14. The van der Waals surface area contributed by atoms with Crippen molar-refractivity contribution in [2.75, 3.05) is 19.5 Å². The van der Waals surface area contributed by atoms with Gasteiger partial charge in [0.15, 0.2) is 16.6 Å². The molecule has 0 fully saturated rings. The van der Waals surface area contributed by atoms with E-state index >= 15 is 0 Å². The summed E-state index contributed by atoms with van der Waals surface area (Å²) in [6, 6.07) is 9.59. The van der Waals surface area contributed by atoms with Crippen molar-refractivity contribution in [3.63, 3.8) is 0 Å². The number of benzene rings is 2. The van der Waals surface area contributed by atoms with Crippen LogP contribution in [0.3, 0.4) is 0 Å². The highest BCUT2D eigenvalue weighted by atomic mass is 35.5. The smallest absolute Gasteiger partial charge is 0.271 e. The number of nitrogens with one attached hydrogen (secondary N) is 2. The standard InChI is InChI=1S/C16H16ClN3O4S/c1-23-14-6-3-10(7-15(14)24-2)9-18-16(25)19-13-8-11(20(21)22)4-5-12(13)17/h3-8H,9H2,1-2H3,(H2,18,19,25). The Morgan fingerprint density at radius 1 is 1.20 bits per heavy atom. The highest BCUT2D eigenvalue weighted by Crippen LogP contribution is 2.28. The largest absolute Gasteiger partial charge is 0.493 e. The topological polar surface area (TPSA) is 85.7 Å². The minimum Gasteiger partial charge on any atom is -0.493 e. The summed E-state index contributed by atoms with van der Waals surface area (Å²) in [5, 5.41) is 17.3. The Bertz CT molecular complexity index is 801. The second kappa shape index (κ2) is 8.50. The van der Waals surface area contributed by atoms with Crippen LogP contribution in [-0.2, 0) is 6.54 Å². The van der Waals surface area contributed by atoms with Crippen molar-refractivity contribution in [1.82, 2.24) is 5.32 Å². The minimum absolute atomic E-state index is 0.0745. The molecule has 0 spiro atoms. The number of hydrogen-bond acceptors (Lipinski definition) is 5. The van der Waals surface area contributed by atoms with E-state index in [1.807, 2.05) is 12.1 Å². The van der Waals surface area contributed by atoms with E-state index in [2.05, 4.69) is 10.6 Å². The molecule has 0 saturated carbocycles. The number of nitro benzene ring substituents is 1. The van der Waals surface area contributed by atoms with Gasteiger partial charge in [0, 0.05) is 18.7 Å². The van der Waals surface area contributed by atoms with Gasteiger partial charge >= 0.3 is 0 Å². The monoisotopic (exact) mass is 381 g/mol. The second-order valence-electron chi connectivity index (χ2n) is 4.92. The summed E-state index contributed by atoms with van der Waals surface area (Å²) in [5.41, 5.74) is 1.21. The Labute approximate surface area is 155 Å². The van der Waals surface area contributed by atoms with Gasteiger partial charge in [-0.3, -0.25) is 10.1 Å². The Morgan fingerprint density at radius 2 is 1.92 bits per heavy atom. The van der Waals surface area contributed by atoms with Crippen molar-refractivity contribution < 1.29 is 14.4 Å². The predicted octanol–water partition coefficient (Wildman–Crippen LogP) is 3.75. The van der Waals surface area contributed by atoms with E-state index < -0.39 is 4.92 Å². The van der Waals surface area contributed by atoms with Gasteiger partial charge in [-0.15, -0.1) is 0 Å². The van der Waals surface area contributed by atoms with Gasteiger partial charge in [-0.2, -0.15) is 0 Å². The van der Waals surface area contributed by atoms with Gasteiger partial charge in [-0.25, -0.2) is 0 Å². The van der Waals surface area contributed by atoms with E-state index in [1.54, 1.807) is 20.3 Å². The third-order valence-electron chi connectivity index (χ3n) is 3.31. The minimum atomic E-state index is -0.498. The first-order chi connectivity index (χ1) is 11.9. The van der Waals surface area contributed by atoms with Gasteiger partial charge < -0.3 is 20.1 Å². The lowest BCUT2D eigenvalue weighted by molar-refractivity contribution is -0.384. The number of methoxy groups -OCH3 is 2. The summed E-state index contributed by atoms with van der Waals surface area (Å²) in [6.45, 7) is 0.429. The lowest BCUT2D eigenvalue weighted by Crippen LogP contribution is -2.28. The van der Waals surface area contributed by atoms with Crippen LogP contribution in [0.2, 0.25) is 5.02 Å². The maximum atomic E-state index is 10.8. The van der Waals surface area contributed by atoms with Gasteiger partial charge in [-0.05, 0) is 36.0 Å². The molecule has 0 unspecified atom stereocenters. The number of nitrogens with zero attached hydrogens (tertiary/aromatic N) is 1. The summed E-state index contributed by atoms with van der Waals surface area (Å²) >= 11 is 11.2. The molecule has 0 aromatic heterocycles. The number of non-ortho nitro benzene ring substituents is 1. The van der Waals surface area contributed by atoms with E-state index in [-0.39, 0.29) is 10.8 Å². The number of hydrogen-bond donors (Lipinski definition) is 2. The molecule has 2 aromatic rings. The zero-order chi connectivity index (χ0) is 18.4. The molecule has 0 aliphatic heterocycles. The van der Waals surface area contributed by atoms with Crippen molar-refractivity contribution in [2.24, 2.45) is 0 Å². The maximum Gasteiger partial charge on any atom is 0.271 e. The molecule has 0 aliphatic carbocycles. The van der Waals surface area contributed by atoms with E-state index in [4.69, 9.17) is 33.3 Å². The Kier molecular flexibility index (Phi) is 6.37. The van der Waals surface area contributed by atoms with Crippen LogP contribution in [0.1, 0.15) is 5.56 Å². The molecule has 25 heavy (non-hydrogen) atoms. The maximum absolute atomic E-state index is 10.8. The highest BCUT2D eigenvalue weighted by Gasteiger charge is 2.11. The molecule has 7 nitrogen and oxygen atoms in total. The van der Waals surface area contributed by atoms with E-state index in [9.17, 15) is 10.1 Å². The Balaban J connectivity index is 2.02. The highest BCUT2D eigenvalue weighted by molar-refractivity contribution is 7.80. The van der Waals surface area contributed by atoms with Crippen LogP contribution in [0.4, 0.5) is 11.4 Å². The van der Waals surface area contributed by atoms with Crippen molar-refractivity contribution in [1.29, 1.82) is 0 Å². The van der Waals surface area contributed by atoms with Crippen LogP contribution in [0.25, 0.3) is 0 Å². The van der Waals surface area contributed by atoms with E-state index in [0.717, 1.165) is 5.56 Å². The lowest BCUT2D eigenvalue weighted by Gasteiger charge is -2.13. The molecule has 0 atom stereocenters. The molecule has 0 amide bonds. The summed E-state index contributed by atoms with van der Waals surface area (Å²) in [6.07, 6.45) is 0. The fraction of sp³-hybridized carbons (Fsp3) is 0.188. The molecular weight excluding hydrogens is 366 g/mol. The molecular formula is C16H16ClN3O4S. The first kappa shape index (κ1) is 18.8. The number of halogens is 1. The van der Waals surface area contributed by atoms with Crippen molar-refractivity contribution >= 4 is 40.3 Å².